The van der Waals surface area contributed by atoms with E-state index in [2.05, 4.69) is 25.1 Å². The lowest BCUT2D eigenvalue weighted by Crippen LogP contribution is -2.57. The maximum absolute atomic E-state index is 14.0. The topological polar surface area (TPSA) is 132 Å². The number of esters is 1. The molecule has 0 aliphatic carbocycles. The average molecular weight is 619 g/mol. The lowest BCUT2D eigenvalue weighted by atomic mass is 9.89. The third kappa shape index (κ3) is 5.01. The summed E-state index contributed by atoms with van der Waals surface area (Å²) in [6.45, 7) is 0.677. The number of nitrogen functional groups attached to an aromatic ring is 1. The van der Waals surface area contributed by atoms with Crippen molar-refractivity contribution in [2.24, 2.45) is 0 Å². The molecule has 4 aromatic heterocycles. The highest BCUT2D eigenvalue weighted by molar-refractivity contribution is 6.34. The van der Waals surface area contributed by atoms with Gasteiger partial charge >= 0.3 is 18.3 Å². The number of anilines is 2. The van der Waals surface area contributed by atoms with E-state index < -0.39 is 61.8 Å². The molecule has 1 aliphatic heterocycles. The van der Waals surface area contributed by atoms with E-state index >= 15 is 0 Å². The Morgan fingerprint density at radius 3 is 2.52 bits per heavy atom. The Kier molecular flexibility index (Phi) is 7.11. The van der Waals surface area contributed by atoms with Gasteiger partial charge in [-0.25, -0.2) is 19.3 Å². The summed E-state index contributed by atoms with van der Waals surface area (Å²) in [7, 11) is 0. The second kappa shape index (κ2) is 10.2. The van der Waals surface area contributed by atoms with Gasteiger partial charge in [-0.3, -0.25) is 9.20 Å². The van der Waals surface area contributed by atoms with Gasteiger partial charge in [0, 0.05) is 43.9 Å². The number of hydrogen-bond acceptors (Lipinski definition) is 8. The first-order chi connectivity index (χ1) is 19.6. The zero-order chi connectivity index (χ0) is 30.6. The van der Waals surface area contributed by atoms with Crippen molar-refractivity contribution in [3.05, 3.63) is 53.2 Å². The van der Waals surface area contributed by atoms with Crippen molar-refractivity contribution >= 4 is 46.3 Å². The second-order valence-corrected chi connectivity index (χ2v) is 10.0. The summed E-state index contributed by atoms with van der Waals surface area (Å²) in [5.74, 6) is -3.37. The minimum Gasteiger partial charge on any atom is -0.443 e. The van der Waals surface area contributed by atoms with Gasteiger partial charge in [-0.05, 0) is 19.1 Å². The maximum atomic E-state index is 14.0. The summed E-state index contributed by atoms with van der Waals surface area (Å²) >= 11 is 6.45. The van der Waals surface area contributed by atoms with Crippen molar-refractivity contribution < 1.29 is 40.7 Å². The van der Waals surface area contributed by atoms with E-state index in [0.717, 1.165) is 0 Å². The van der Waals surface area contributed by atoms with Gasteiger partial charge in [-0.1, -0.05) is 11.6 Å². The van der Waals surface area contributed by atoms with Crippen LogP contribution in [0, 0.1) is 0 Å². The minimum absolute atomic E-state index is 0.00165. The van der Waals surface area contributed by atoms with Gasteiger partial charge in [0.25, 0.3) is 5.91 Å². The van der Waals surface area contributed by atoms with Gasteiger partial charge in [0.05, 0.1) is 22.8 Å². The Morgan fingerprint density at radius 2 is 1.88 bits per heavy atom. The Balaban J connectivity index is 1.48. The Hall–Kier alpha value is -4.28. The van der Waals surface area contributed by atoms with Crippen molar-refractivity contribution in [1.29, 1.82) is 0 Å². The molecule has 1 aliphatic rings. The largest absolute Gasteiger partial charge is 0.490 e. The monoisotopic (exact) mass is 618 g/mol. The van der Waals surface area contributed by atoms with E-state index in [-0.39, 0.29) is 27.9 Å². The predicted octanol–water partition coefficient (Wildman–Crippen LogP) is 4.11. The number of alkyl halides is 6. The number of nitrogens with one attached hydrogen (secondary N) is 1. The highest BCUT2D eigenvalue weighted by Gasteiger charge is 2.61. The molecule has 1 saturated heterocycles. The number of ether oxygens (including phenoxy) is 1. The summed E-state index contributed by atoms with van der Waals surface area (Å²) in [6.07, 6.45) is -7.07. The van der Waals surface area contributed by atoms with Crippen LogP contribution in [0.2, 0.25) is 5.02 Å². The zero-order valence-corrected chi connectivity index (χ0v) is 22.3. The van der Waals surface area contributed by atoms with Crippen molar-refractivity contribution in [2.45, 2.75) is 43.8 Å². The van der Waals surface area contributed by atoms with Crippen LogP contribution in [0.5, 0.6) is 0 Å². The standard InChI is InChI=1S/C24H21ClF6N8O3/c1-12(35-19(40)16-17(32)36-39-6-2-5-34-18(16)39)13-9-14(25)15-10-33-11-38(15)20(13)37-7-3-22(4-8-37,24(29,30)31)42-21(41)23(26,27)28/h2,5-6,9-12H,3-4,7-8H2,1H3,(H2,32,36)(H,35,40). The predicted molar refractivity (Wildman–Crippen MR) is 136 cm³/mol. The number of nitrogens with zero attached hydrogens (tertiary/aromatic N) is 6. The molecule has 224 valence electrons. The van der Waals surface area contributed by atoms with E-state index in [1.54, 1.807) is 19.2 Å². The number of aromatic nitrogens is 5. The number of carbonyl (C=O) groups excluding carboxylic acids is 2. The number of nitrogens with two attached hydrogens (primary N) is 1. The Bertz CT molecular complexity index is 1680. The van der Waals surface area contributed by atoms with Crippen LogP contribution in [0.25, 0.3) is 11.2 Å². The third-order valence-electron chi connectivity index (χ3n) is 7.02. The Morgan fingerprint density at radius 1 is 1.19 bits per heavy atom. The number of rotatable bonds is 5. The van der Waals surface area contributed by atoms with Crippen LogP contribution >= 0.6 is 11.6 Å². The minimum atomic E-state index is -5.60. The van der Waals surface area contributed by atoms with Gasteiger partial charge in [0.1, 0.15) is 17.7 Å². The molecule has 3 N–H and O–H groups in total. The number of pyridine rings is 1. The molecule has 11 nitrogen and oxygen atoms in total. The highest BCUT2D eigenvalue weighted by Crippen LogP contribution is 2.44. The summed E-state index contributed by atoms with van der Waals surface area (Å²) in [4.78, 5) is 34.3. The number of amides is 1. The van der Waals surface area contributed by atoms with E-state index in [0.29, 0.717) is 11.1 Å². The van der Waals surface area contributed by atoms with Gasteiger partial charge in [0.2, 0.25) is 5.60 Å². The number of halogens is 7. The van der Waals surface area contributed by atoms with Crippen LogP contribution < -0.4 is 16.0 Å². The fraction of sp³-hybridized carbons (Fsp3) is 0.375. The first-order valence-electron chi connectivity index (χ1n) is 12.3. The van der Waals surface area contributed by atoms with Crippen molar-refractivity contribution in [1.82, 2.24) is 29.3 Å². The van der Waals surface area contributed by atoms with E-state index in [9.17, 15) is 35.9 Å². The van der Waals surface area contributed by atoms with Gasteiger partial charge in [-0.15, -0.1) is 5.10 Å². The molecule has 1 fully saturated rings. The van der Waals surface area contributed by atoms with Crippen LogP contribution in [0.4, 0.5) is 38.0 Å². The molecule has 1 unspecified atom stereocenters. The number of carbonyl (C=O) groups is 2. The van der Waals surface area contributed by atoms with E-state index in [1.165, 1.54) is 38.6 Å². The SMILES string of the molecule is CC(NC(=O)c1c(N)nn2cccnc12)c1cc(Cl)c2cncn2c1N1CCC(OC(=O)C(F)(F)F)(C(F)(F)F)CC1. The number of hydrogen-bond donors (Lipinski definition) is 2. The molecule has 1 amide bonds. The first-order valence-corrected chi connectivity index (χ1v) is 12.7. The fourth-order valence-electron chi connectivity index (χ4n) is 4.93. The van der Waals surface area contributed by atoms with Crippen molar-refractivity contribution in [3.8, 4) is 0 Å². The summed E-state index contributed by atoms with van der Waals surface area (Å²) in [5, 5.41) is 7.04. The molecule has 0 radical (unpaired) electrons. The quantitative estimate of drug-likeness (QED) is 0.252. The summed E-state index contributed by atoms with van der Waals surface area (Å²) in [6, 6.07) is 2.27. The van der Waals surface area contributed by atoms with Gasteiger partial charge in [-0.2, -0.15) is 26.3 Å². The van der Waals surface area contributed by atoms with Crippen molar-refractivity contribution in [3.63, 3.8) is 0 Å². The first kappa shape index (κ1) is 29.2. The molecule has 0 aromatic carbocycles. The lowest BCUT2D eigenvalue weighted by molar-refractivity contribution is -0.290. The molecule has 42 heavy (non-hydrogen) atoms. The normalized spacial score (nSPS) is 16.5. The summed E-state index contributed by atoms with van der Waals surface area (Å²) < 4.78 is 87.3. The molecule has 0 spiro atoms. The molecular weight excluding hydrogens is 598 g/mol. The highest BCUT2D eigenvalue weighted by atomic mass is 35.5. The molecule has 4 aromatic rings. The Labute approximate surface area is 237 Å². The number of piperidine rings is 1. The molecular formula is C24H21ClF6N8O3. The number of fused-ring (bicyclic) bond motifs is 2. The van der Waals surface area contributed by atoms with E-state index in [1.807, 2.05) is 0 Å². The molecule has 0 saturated carbocycles. The van der Waals surface area contributed by atoms with Gasteiger partial charge in [0.15, 0.2) is 11.5 Å². The maximum Gasteiger partial charge on any atom is 0.490 e. The lowest BCUT2D eigenvalue weighted by Gasteiger charge is -2.43. The second-order valence-electron chi connectivity index (χ2n) is 9.63. The molecule has 18 heteroatoms. The number of imidazole rings is 1. The third-order valence-corrected chi connectivity index (χ3v) is 7.32. The van der Waals surface area contributed by atoms with Crippen LogP contribution in [0.15, 0.2) is 37.1 Å². The van der Waals surface area contributed by atoms with Crippen LogP contribution in [0.1, 0.15) is 41.7 Å². The van der Waals surface area contributed by atoms with E-state index in [4.69, 9.17) is 17.3 Å². The van der Waals surface area contributed by atoms with Crippen LogP contribution in [-0.4, -0.2) is 66.9 Å². The average Bonchev–Trinajstić information content (AvgIpc) is 3.52. The molecule has 5 heterocycles. The van der Waals surface area contributed by atoms with Crippen molar-refractivity contribution in [2.75, 3.05) is 23.7 Å². The molecule has 1 atom stereocenters. The fourth-order valence-corrected chi connectivity index (χ4v) is 5.19. The smallest absolute Gasteiger partial charge is 0.443 e. The summed E-state index contributed by atoms with van der Waals surface area (Å²) in [5.41, 5.74) is 3.54. The van der Waals surface area contributed by atoms with Gasteiger partial charge < -0.3 is 20.7 Å². The molecule has 0 bridgehead atoms. The zero-order valence-electron chi connectivity index (χ0n) is 21.5. The van der Waals surface area contributed by atoms with Crippen LogP contribution in [-0.2, 0) is 9.53 Å². The molecule has 5 rings (SSSR count). The van der Waals surface area contributed by atoms with Crippen LogP contribution in [0.3, 0.4) is 0 Å².